The molecule has 804 valence electrons. The molecule has 0 bridgehead atoms. The van der Waals surface area contributed by atoms with E-state index in [4.69, 9.17) is 66.3 Å². The number of carbonyl (C=O) groups is 5. The maximum Gasteiger partial charge on any atom is 0.319 e. The summed E-state index contributed by atoms with van der Waals surface area (Å²) in [5, 5.41) is 3.31. The number of rotatable bonds is 25. The lowest BCUT2D eigenvalue weighted by Crippen LogP contribution is -2.45. The molecule has 11 saturated heterocycles. The minimum atomic E-state index is -3.00. The molecule has 11 rings (SSSR count). The largest absolute Gasteiger partial charge is 0.381 e. The van der Waals surface area contributed by atoms with Gasteiger partial charge in [0.2, 0.25) is 27.7 Å². The van der Waals surface area contributed by atoms with Gasteiger partial charge in [0, 0.05) is 187 Å². The Morgan fingerprint density at radius 2 is 0.667 bits per heavy atom. The molecule has 5 unspecified atom stereocenters. The van der Waals surface area contributed by atoms with Crippen molar-refractivity contribution >= 4 is 39.8 Å². The number of ether oxygens (including phenoxy) is 14. The normalized spacial score (nSPS) is 21.9. The fraction of sp³-hybridized carbons (Fsp3) is 0.951. The maximum absolute atomic E-state index is 11.6. The zero-order chi connectivity index (χ0) is 103. The van der Waals surface area contributed by atoms with Crippen LogP contribution in [-0.2, 0) is 90.7 Å². The third-order valence-corrected chi connectivity index (χ3v) is 23.8. The number of likely N-dealkylation sites (tertiary alicyclic amines) is 7. The Balaban J connectivity index is 0. The van der Waals surface area contributed by atoms with Gasteiger partial charge in [-0.2, -0.15) is 4.31 Å². The molecule has 0 aromatic rings. The van der Waals surface area contributed by atoms with E-state index in [0.717, 1.165) is 189 Å². The number of hydrogen-bond donors (Lipinski definition) is 1. The molecule has 1 N–H and O–H groups in total. The lowest BCUT2D eigenvalue weighted by Gasteiger charge is -2.34. The van der Waals surface area contributed by atoms with Gasteiger partial charge in [0.25, 0.3) is 0 Å². The first-order valence-electron chi connectivity index (χ1n) is 52.3. The molecule has 32 nitrogen and oxygen atoms in total. The van der Waals surface area contributed by atoms with Gasteiger partial charge in [-0.25, -0.2) is 18.0 Å². The summed E-state index contributed by atoms with van der Waals surface area (Å²) < 4.78 is 101. The van der Waals surface area contributed by atoms with Gasteiger partial charge in [0.15, 0.2) is 6.29 Å². The van der Waals surface area contributed by atoms with Gasteiger partial charge in [-0.1, -0.05) is 27.7 Å². The second-order valence-electron chi connectivity index (χ2n) is 38.8. The fourth-order valence-electron chi connectivity index (χ4n) is 16.4. The van der Waals surface area contributed by atoms with Crippen LogP contribution in [0.4, 0.5) is 9.59 Å². The van der Waals surface area contributed by atoms with Crippen LogP contribution in [0, 0.1) is 0 Å². The Morgan fingerprint density at radius 1 is 0.356 bits per heavy atom. The van der Waals surface area contributed by atoms with Crippen molar-refractivity contribution in [1.29, 1.82) is 0 Å². The van der Waals surface area contributed by atoms with E-state index in [0.29, 0.717) is 99.0 Å². The van der Waals surface area contributed by atoms with E-state index in [-0.39, 0.29) is 79.3 Å². The molecule has 11 aliphatic rings. The van der Waals surface area contributed by atoms with Gasteiger partial charge >= 0.3 is 12.1 Å². The van der Waals surface area contributed by atoms with Crippen molar-refractivity contribution in [2.24, 2.45) is 0 Å². The van der Waals surface area contributed by atoms with E-state index in [1.165, 1.54) is 75.1 Å². The summed E-state index contributed by atoms with van der Waals surface area (Å²) in [6.07, 6.45) is 28.0. The summed E-state index contributed by atoms with van der Waals surface area (Å²) in [5.74, 6) is 0.427. The molecule has 135 heavy (non-hydrogen) atoms. The van der Waals surface area contributed by atoms with E-state index >= 15 is 0 Å². The number of piperidine rings is 5. The fourth-order valence-corrected chi connectivity index (χ4v) is 17.2. The van der Waals surface area contributed by atoms with Crippen molar-refractivity contribution in [3.05, 3.63) is 0 Å². The maximum atomic E-state index is 11.6. The van der Waals surface area contributed by atoms with Gasteiger partial charge in [-0.3, -0.25) is 14.4 Å². The summed E-state index contributed by atoms with van der Waals surface area (Å²) in [6, 6.07) is 0.192. The molecule has 0 spiro atoms. The van der Waals surface area contributed by atoms with Crippen LogP contribution in [0.15, 0.2) is 0 Å². The molecule has 5 atom stereocenters. The first-order chi connectivity index (χ1) is 63.7. The Morgan fingerprint density at radius 3 is 1.01 bits per heavy atom. The van der Waals surface area contributed by atoms with Crippen LogP contribution < -0.4 is 5.32 Å². The third-order valence-electron chi connectivity index (χ3n) is 22.6. The quantitative estimate of drug-likeness (QED) is 0.0888. The first-order valence-corrected chi connectivity index (χ1v) is 54.1. The number of nitrogens with zero attached hydrogens (tertiary/aromatic N) is 10. The standard InChI is InChI=1S/C11H22N2O2.C11H21NO3.C10H20N2O2.C10H19NO2.C9H19NO.C8H15NO2.2C8H17NO.2C8H16O2.C7H15NO3S.2C2H6/c1-9(2)15-10-5-7-13(8-6-10)11(14)12(3)4;1-9(2)15-10-4-6-12(7-5-10)11(13)8-14-3;1-8(2)14-9-5-6-12(7-9)10(13)11(3)4;1-8(2)13-10-4-6-11(7-5-10)9(3)12;1-8(2)11-9-4-6-10(3)7-5-9;1-3-11-8-4-5-9(6-8)7(2)10;1-7(2)10-8-4-5-9(3)6-8;2*1-7(2)10-8-3-5-9-6-4-8;1-7(2)10-8-5-3-4-6-9-8;1-3-11-7-4-5-8(6-7)12(2,9)10;2*1-2/h9-10H,5-8H2,1-4H3;9-10H,4-8H2,1-3H3;8-9H,5-7H2,1-4H3;8,10H,4-7H2,1-3H3;8-9H,4-7H2,1-3H3;8H,3-6H2,1-2H3;7-8H,4-6H2,1-3H3;7-9H,3-6H2,1-2H3;2*7-8H,3-6H2,1-2H3;7H,3-6H2,1-2H3;2*1-2H3. The first kappa shape index (κ1) is 133. The highest BCUT2D eigenvalue weighted by Crippen LogP contribution is 2.24. The topological polar surface area (TPSA) is 293 Å². The molecule has 0 aromatic heterocycles. The number of sulfonamides is 1. The molecular formula is C102H209N11O21S. The van der Waals surface area contributed by atoms with Gasteiger partial charge in [0.1, 0.15) is 6.61 Å². The molecule has 11 heterocycles. The predicted molar refractivity (Wildman–Crippen MR) is 547 cm³/mol. The second-order valence-corrected chi connectivity index (χ2v) is 40.8. The van der Waals surface area contributed by atoms with Crippen LogP contribution >= 0.6 is 0 Å². The van der Waals surface area contributed by atoms with Gasteiger partial charge in [-0.15, -0.1) is 0 Å². The van der Waals surface area contributed by atoms with Crippen LogP contribution in [0.1, 0.15) is 302 Å². The summed E-state index contributed by atoms with van der Waals surface area (Å²) in [5.41, 5.74) is 0. The molecule has 11 fully saturated rings. The molecule has 11 aliphatic heterocycles. The minimum absolute atomic E-state index is 0.0775. The minimum Gasteiger partial charge on any atom is -0.381 e. The third kappa shape index (κ3) is 69.7. The summed E-state index contributed by atoms with van der Waals surface area (Å²) in [4.78, 5) is 73.8. The van der Waals surface area contributed by atoms with E-state index in [1.807, 2.05) is 108 Å². The average molecular weight is 1960 g/mol. The molecule has 0 aliphatic carbocycles. The smallest absolute Gasteiger partial charge is 0.319 e. The van der Waals surface area contributed by atoms with Crippen LogP contribution in [0.5, 0.6) is 0 Å². The molecule has 0 aromatic carbocycles. The number of amides is 7. The number of methoxy groups -OCH3 is 1. The highest BCUT2D eigenvalue weighted by molar-refractivity contribution is 7.88. The lowest BCUT2D eigenvalue weighted by atomic mass is 10.1. The highest BCUT2D eigenvalue weighted by atomic mass is 32.2. The molecule has 7 amide bonds. The molecule has 0 saturated carbocycles. The van der Waals surface area contributed by atoms with Crippen molar-refractivity contribution in [1.82, 2.24) is 53.7 Å². The molecular weight excluding hydrogens is 1750 g/mol. The van der Waals surface area contributed by atoms with Crippen LogP contribution in [0.25, 0.3) is 0 Å². The molecule has 0 radical (unpaired) electrons. The van der Waals surface area contributed by atoms with Gasteiger partial charge in [-0.05, 0) is 288 Å². The van der Waals surface area contributed by atoms with Crippen LogP contribution in [0.2, 0.25) is 0 Å². The number of carbonyl (C=O) groups excluding carboxylic acids is 5. The Bertz CT molecular complexity index is 2880. The highest BCUT2D eigenvalue weighted by Gasteiger charge is 2.33. The van der Waals surface area contributed by atoms with E-state index in [1.54, 1.807) is 58.9 Å². The van der Waals surface area contributed by atoms with Crippen LogP contribution in [-0.4, -0.2) is 422 Å². The Kier molecular flexibility index (Phi) is 78.6. The summed E-state index contributed by atoms with van der Waals surface area (Å²) >= 11 is 0. The zero-order valence-electron chi connectivity index (χ0n) is 92.4. The van der Waals surface area contributed by atoms with Crippen molar-refractivity contribution in [3.63, 3.8) is 0 Å². The molecule has 33 heteroatoms. The van der Waals surface area contributed by atoms with Crippen molar-refractivity contribution in [3.8, 4) is 0 Å². The zero-order valence-corrected chi connectivity index (χ0v) is 93.2. The van der Waals surface area contributed by atoms with Crippen LogP contribution in [0.3, 0.4) is 0 Å². The number of likely N-dealkylation sites (N-methyl/N-ethyl adjacent to an activating group) is 1. The van der Waals surface area contributed by atoms with Gasteiger partial charge < -0.3 is 116 Å². The van der Waals surface area contributed by atoms with Crippen molar-refractivity contribution in [2.45, 2.75) is 424 Å². The summed E-state index contributed by atoms with van der Waals surface area (Å²) in [7, 11) is 10.00. The predicted octanol–water partition coefficient (Wildman–Crippen LogP) is 15.3. The number of hydrogen-bond acceptors (Lipinski definition) is 24. The van der Waals surface area contributed by atoms with Crippen molar-refractivity contribution < 1.29 is 98.7 Å². The van der Waals surface area contributed by atoms with E-state index < -0.39 is 10.0 Å². The average Bonchev–Trinajstić information content (AvgIpc) is 1.77. The van der Waals surface area contributed by atoms with Gasteiger partial charge in [0.05, 0.1) is 122 Å². The lowest BCUT2D eigenvalue weighted by molar-refractivity contribution is -0.180. The Hall–Kier alpha value is -3.82. The number of nitrogens with one attached hydrogen (secondary N) is 1. The number of urea groups is 2. The second kappa shape index (κ2) is 79.6. The van der Waals surface area contributed by atoms with Crippen molar-refractivity contribution in [2.75, 3.05) is 213 Å². The SMILES string of the molecule is CC.CC.CC(=O)N1CCC(OC(C)C)CC1.CC(C)OC1CCCCO1.CC(C)OC1CCN(C(=O)N(C)C)C1.CC(C)OC1CCN(C(=O)N(C)C)CC1.CC(C)OC1CCN(C)C1.CC(C)OC1CCN(C)CC1.CC(C)OC1CCNCC1.CC(C)OC1CCOCC1.CCOC1CCN(C(C)=O)C1.CCOC1CCN(S(C)(=O)=O)C1.COCC(=O)N1CCC(OC(C)C)CC1. The summed E-state index contributed by atoms with van der Waals surface area (Å²) in [6.45, 7) is 72.7. The van der Waals surface area contributed by atoms with E-state index in [2.05, 4.69) is 112 Å². The monoisotopic (exact) mass is 1960 g/mol. The van der Waals surface area contributed by atoms with E-state index in [9.17, 15) is 32.4 Å². The Labute approximate surface area is 825 Å².